The van der Waals surface area contributed by atoms with Crippen LogP contribution in [0.3, 0.4) is 0 Å². The molecule has 1 N–H and O–H groups in total. The lowest BCUT2D eigenvalue weighted by Crippen LogP contribution is -2.51. The molecule has 3 fully saturated rings. The normalized spacial score (nSPS) is 23.7. The Labute approximate surface area is 201 Å². The zero-order chi connectivity index (χ0) is 23.9. The van der Waals surface area contributed by atoms with Crippen molar-refractivity contribution in [2.45, 2.75) is 70.3 Å². The molecular weight excluding hydrogens is 452 g/mol. The first-order valence-electron chi connectivity index (χ1n) is 12.6. The van der Waals surface area contributed by atoms with Crippen LogP contribution in [0.5, 0.6) is 0 Å². The molecule has 0 bridgehead atoms. The van der Waals surface area contributed by atoms with Gasteiger partial charge in [0.1, 0.15) is 11.4 Å². The van der Waals surface area contributed by atoms with Crippen molar-refractivity contribution in [2.75, 3.05) is 30.3 Å². The Morgan fingerprint density at radius 3 is 2.44 bits per heavy atom. The van der Waals surface area contributed by atoms with Crippen LogP contribution in [0.4, 0.5) is 5.69 Å². The Hall–Kier alpha value is -2.26. The van der Waals surface area contributed by atoms with Gasteiger partial charge in [-0.15, -0.1) is 0 Å². The first-order valence-corrected chi connectivity index (χ1v) is 14.2. The van der Waals surface area contributed by atoms with Crippen molar-refractivity contribution in [1.29, 1.82) is 0 Å². The van der Waals surface area contributed by atoms with Gasteiger partial charge >= 0.3 is 0 Å². The van der Waals surface area contributed by atoms with E-state index < -0.39 is 15.6 Å². The molecule has 184 valence electrons. The highest BCUT2D eigenvalue weighted by Gasteiger charge is 2.48. The first kappa shape index (κ1) is 23.5. The maximum atomic E-state index is 13.1. The summed E-state index contributed by atoms with van der Waals surface area (Å²) in [7, 11) is -3.44. The topological polar surface area (TPSA) is 99.2 Å². The number of benzene rings is 1. The van der Waals surface area contributed by atoms with E-state index in [1.807, 2.05) is 25.1 Å². The second kappa shape index (κ2) is 9.07. The smallest absolute Gasteiger partial charge is 0.253 e. The Bertz CT molecular complexity index is 1120. The summed E-state index contributed by atoms with van der Waals surface area (Å²) in [5.41, 5.74) is 2.06. The number of rotatable bonds is 6. The van der Waals surface area contributed by atoms with Gasteiger partial charge in [0.2, 0.25) is 15.9 Å². The fourth-order valence-electron chi connectivity index (χ4n) is 5.67. The van der Waals surface area contributed by atoms with Gasteiger partial charge in [-0.05, 0) is 62.3 Å². The molecule has 3 aliphatic heterocycles. The van der Waals surface area contributed by atoms with Crippen LogP contribution in [0.25, 0.3) is 0 Å². The van der Waals surface area contributed by atoms with Gasteiger partial charge in [0.15, 0.2) is 0 Å². The van der Waals surface area contributed by atoms with E-state index >= 15 is 0 Å². The molecule has 34 heavy (non-hydrogen) atoms. The summed E-state index contributed by atoms with van der Waals surface area (Å²) in [4.78, 5) is 31.1. The number of β-lactam (4-membered cyclic amide) rings is 1. The summed E-state index contributed by atoms with van der Waals surface area (Å²) in [6.07, 6.45) is 7.64. The van der Waals surface area contributed by atoms with E-state index in [0.29, 0.717) is 44.7 Å². The van der Waals surface area contributed by atoms with Crippen LogP contribution < -0.4 is 10.2 Å². The number of nitrogens with one attached hydrogen (secondary N) is 1. The van der Waals surface area contributed by atoms with Crippen molar-refractivity contribution in [3.63, 3.8) is 0 Å². The molecule has 2 saturated heterocycles. The Morgan fingerprint density at radius 1 is 1.09 bits per heavy atom. The highest BCUT2D eigenvalue weighted by atomic mass is 32.2. The second-order valence-corrected chi connectivity index (χ2v) is 12.3. The summed E-state index contributed by atoms with van der Waals surface area (Å²) in [5.74, 6) is 1.28. The molecule has 0 radical (unpaired) electrons. The highest BCUT2D eigenvalue weighted by molar-refractivity contribution is 7.89. The van der Waals surface area contributed by atoms with Crippen molar-refractivity contribution in [2.24, 2.45) is 10.9 Å². The van der Waals surface area contributed by atoms with E-state index in [2.05, 4.69) is 5.32 Å². The Balaban J connectivity index is 1.19. The maximum absolute atomic E-state index is 13.1. The number of carbonyl (C=O) groups excluding carboxylic acids is 2. The van der Waals surface area contributed by atoms with Gasteiger partial charge in [0.05, 0.1) is 5.75 Å². The minimum atomic E-state index is -3.44. The van der Waals surface area contributed by atoms with Crippen molar-refractivity contribution in [3.05, 3.63) is 29.3 Å². The van der Waals surface area contributed by atoms with Gasteiger partial charge < -0.3 is 10.2 Å². The molecule has 0 unspecified atom stereocenters. The van der Waals surface area contributed by atoms with Crippen LogP contribution in [0.2, 0.25) is 0 Å². The number of amidine groups is 1. The number of aryl methyl sites for hydroxylation is 2. The summed E-state index contributed by atoms with van der Waals surface area (Å²) in [5, 5.41) is 3.03. The molecule has 2 amide bonds. The molecule has 1 aliphatic carbocycles. The maximum Gasteiger partial charge on any atom is 0.253 e. The van der Waals surface area contributed by atoms with E-state index in [1.54, 1.807) is 4.90 Å². The largest absolute Gasteiger partial charge is 0.312 e. The molecule has 8 nitrogen and oxygen atoms in total. The summed E-state index contributed by atoms with van der Waals surface area (Å²) in [6, 6.07) is 5.79. The fourth-order valence-corrected chi connectivity index (χ4v) is 7.14. The zero-order valence-electron chi connectivity index (χ0n) is 19.9. The lowest BCUT2D eigenvalue weighted by molar-refractivity contribution is -0.125. The third-order valence-electron chi connectivity index (χ3n) is 8.05. The van der Waals surface area contributed by atoms with Gasteiger partial charge in [-0.3, -0.25) is 14.6 Å². The van der Waals surface area contributed by atoms with Crippen molar-refractivity contribution in [1.82, 2.24) is 9.62 Å². The number of sulfonamides is 1. The van der Waals surface area contributed by atoms with Gasteiger partial charge in [-0.25, -0.2) is 12.7 Å². The van der Waals surface area contributed by atoms with Gasteiger partial charge in [-0.1, -0.05) is 25.3 Å². The highest BCUT2D eigenvalue weighted by Crippen LogP contribution is 2.35. The van der Waals surface area contributed by atoms with E-state index in [0.717, 1.165) is 42.0 Å². The number of amides is 2. The number of aliphatic imine (C=N–C) groups is 1. The van der Waals surface area contributed by atoms with Crippen molar-refractivity contribution in [3.8, 4) is 0 Å². The second-order valence-electron chi connectivity index (χ2n) is 10.2. The molecule has 0 aromatic heterocycles. The first-order chi connectivity index (χ1) is 16.3. The minimum Gasteiger partial charge on any atom is -0.312 e. The van der Waals surface area contributed by atoms with Crippen LogP contribution in [-0.2, 0) is 26.0 Å². The van der Waals surface area contributed by atoms with E-state index in [9.17, 15) is 18.0 Å². The van der Waals surface area contributed by atoms with Gasteiger partial charge in [0, 0.05) is 37.7 Å². The molecule has 0 atom stereocenters. The van der Waals surface area contributed by atoms with Crippen LogP contribution >= 0.6 is 0 Å². The quantitative estimate of drug-likeness (QED) is 0.625. The SMILES string of the molecule is Cc1cc(N2CCC2=O)ccc1CCS(=O)(=O)N1CCC2(CC1)N=C(C1CCCCC1)NC2=O. The fraction of sp³-hybridized carbons (Fsp3) is 0.640. The summed E-state index contributed by atoms with van der Waals surface area (Å²) in [6.45, 7) is 3.35. The molecule has 9 heteroatoms. The van der Waals surface area contributed by atoms with Gasteiger partial charge in [0.25, 0.3) is 5.91 Å². The lowest BCUT2D eigenvalue weighted by atomic mass is 9.88. The number of nitrogens with zero attached hydrogens (tertiary/aromatic N) is 3. The predicted molar refractivity (Wildman–Crippen MR) is 131 cm³/mol. The van der Waals surface area contributed by atoms with Crippen molar-refractivity contribution >= 4 is 33.4 Å². The number of piperidine rings is 1. The molecular formula is C25H34N4O4S. The van der Waals surface area contributed by atoms with E-state index in [4.69, 9.17) is 4.99 Å². The molecule has 1 spiro atoms. The van der Waals surface area contributed by atoms with Crippen LogP contribution in [-0.4, -0.2) is 61.3 Å². The number of hydrogen-bond donors (Lipinski definition) is 1. The molecule has 5 rings (SSSR count). The standard InChI is InChI=1S/C25H34N4O4S/c1-18-17-21(29-13-9-22(29)30)8-7-19(18)10-16-34(32,33)28-14-11-25(12-15-28)24(31)26-23(27-25)20-5-3-2-4-6-20/h7-8,17,20H,2-6,9-16H2,1H3,(H,26,27,31). The van der Waals surface area contributed by atoms with E-state index in [1.165, 1.54) is 23.6 Å². The number of carbonyl (C=O) groups is 2. The Morgan fingerprint density at radius 2 is 1.82 bits per heavy atom. The molecule has 4 aliphatic rings. The Kier molecular flexibility index (Phi) is 6.27. The number of hydrogen-bond acceptors (Lipinski definition) is 5. The van der Waals surface area contributed by atoms with Crippen LogP contribution in [0.1, 0.15) is 62.5 Å². The molecule has 1 saturated carbocycles. The monoisotopic (exact) mass is 486 g/mol. The van der Waals surface area contributed by atoms with Crippen molar-refractivity contribution < 1.29 is 18.0 Å². The summed E-state index contributed by atoms with van der Waals surface area (Å²) >= 11 is 0. The van der Waals surface area contributed by atoms with Gasteiger partial charge in [-0.2, -0.15) is 0 Å². The van der Waals surface area contributed by atoms with Crippen LogP contribution in [0, 0.1) is 12.8 Å². The average molecular weight is 487 g/mol. The summed E-state index contributed by atoms with van der Waals surface area (Å²) < 4.78 is 27.7. The third-order valence-corrected chi connectivity index (χ3v) is 9.92. The van der Waals surface area contributed by atoms with E-state index in [-0.39, 0.29) is 17.6 Å². The van der Waals surface area contributed by atoms with Crippen LogP contribution in [0.15, 0.2) is 23.2 Å². The molecule has 1 aromatic rings. The average Bonchev–Trinajstić information content (AvgIpc) is 3.14. The minimum absolute atomic E-state index is 0.0334. The predicted octanol–water partition coefficient (Wildman–Crippen LogP) is 2.55. The lowest BCUT2D eigenvalue weighted by Gasteiger charge is -2.34. The number of anilines is 1. The molecule has 3 heterocycles. The third kappa shape index (κ3) is 4.40. The zero-order valence-corrected chi connectivity index (χ0v) is 20.7. The molecule has 1 aromatic carbocycles.